The molecule has 0 atom stereocenters. The number of allylic oxidation sites excluding steroid dienone is 1. The van der Waals surface area contributed by atoms with E-state index in [-0.39, 0.29) is 0 Å². The van der Waals surface area contributed by atoms with Gasteiger partial charge in [0.25, 0.3) is 0 Å². The molecule has 0 spiro atoms. The van der Waals surface area contributed by atoms with Crippen molar-refractivity contribution in [2.45, 2.75) is 0 Å². The summed E-state index contributed by atoms with van der Waals surface area (Å²) in [5.74, 6) is 0. The van der Waals surface area contributed by atoms with Crippen LogP contribution in [0.3, 0.4) is 0 Å². The Balaban J connectivity index is 2.93. The molecule has 62 valence electrons. The summed E-state index contributed by atoms with van der Waals surface area (Å²) in [6.45, 7) is 0. The molecule has 0 bridgehead atoms. The number of halogens is 2. The zero-order valence-electron chi connectivity index (χ0n) is 6.13. The Morgan fingerprint density at radius 3 is 2.25 bits per heavy atom. The van der Waals surface area contributed by atoms with Gasteiger partial charge in [-0.05, 0) is 17.2 Å². The van der Waals surface area contributed by atoms with Crippen molar-refractivity contribution in [2.24, 2.45) is 0 Å². The zero-order valence-corrected chi connectivity index (χ0v) is 7.64. The Bertz CT molecular complexity index is 304. The van der Waals surface area contributed by atoms with Crippen molar-refractivity contribution in [2.75, 3.05) is 0 Å². The SMILES string of the molecule is O=C(Cl)/C=C(/Cl)c1ccccc1. The molecule has 1 rings (SSSR count). The zero-order chi connectivity index (χ0) is 8.97. The normalized spacial score (nSPS) is 11.3. The van der Waals surface area contributed by atoms with Crippen molar-refractivity contribution in [1.82, 2.24) is 0 Å². The summed E-state index contributed by atoms with van der Waals surface area (Å²) in [6.07, 6.45) is 1.18. The van der Waals surface area contributed by atoms with Gasteiger partial charge < -0.3 is 0 Å². The molecule has 0 fully saturated rings. The molecule has 0 N–H and O–H groups in total. The molecular formula is C9H6Cl2O. The number of carbonyl (C=O) groups excluding carboxylic acids is 1. The van der Waals surface area contributed by atoms with Crippen molar-refractivity contribution >= 4 is 33.5 Å². The Hall–Kier alpha value is -0.790. The van der Waals surface area contributed by atoms with Crippen molar-refractivity contribution in [3.05, 3.63) is 42.0 Å². The molecule has 0 amide bonds. The van der Waals surface area contributed by atoms with Gasteiger partial charge in [-0.25, -0.2) is 0 Å². The predicted molar refractivity (Wildman–Crippen MR) is 51.1 cm³/mol. The lowest BCUT2D eigenvalue weighted by Crippen LogP contribution is -1.80. The molecule has 0 aromatic heterocycles. The van der Waals surface area contributed by atoms with E-state index in [1.165, 1.54) is 6.08 Å². The van der Waals surface area contributed by atoms with E-state index in [4.69, 9.17) is 23.2 Å². The highest BCUT2D eigenvalue weighted by molar-refractivity contribution is 6.68. The first kappa shape index (κ1) is 9.30. The van der Waals surface area contributed by atoms with Crippen molar-refractivity contribution in [3.63, 3.8) is 0 Å². The number of rotatable bonds is 2. The fraction of sp³-hybridized carbons (Fsp3) is 0. The second-order valence-corrected chi connectivity index (χ2v) is 2.94. The van der Waals surface area contributed by atoms with E-state index in [2.05, 4.69) is 0 Å². The summed E-state index contributed by atoms with van der Waals surface area (Å²) in [5.41, 5.74) is 0.785. The number of benzene rings is 1. The predicted octanol–water partition coefficient (Wildman–Crippen LogP) is 3.03. The Morgan fingerprint density at radius 1 is 1.17 bits per heavy atom. The van der Waals surface area contributed by atoms with Crippen LogP contribution in [0.5, 0.6) is 0 Å². The summed E-state index contributed by atoms with van der Waals surface area (Å²) >= 11 is 10.9. The van der Waals surface area contributed by atoms with Crippen LogP contribution in [0, 0.1) is 0 Å². The van der Waals surface area contributed by atoms with E-state index in [1.807, 2.05) is 18.2 Å². The first-order valence-electron chi connectivity index (χ1n) is 3.32. The topological polar surface area (TPSA) is 17.1 Å². The van der Waals surface area contributed by atoms with Gasteiger partial charge in [0.1, 0.15) is 0 Å². The Kier molecular flexibility index (Phi) is 3.32. The minimum absolute atomic E-state index is 0.357. The van der Waals surface area contributed by atoms with Crippen LogP contribution >= 0.6 is 23.2 Å². The Morgan fingerprint density at radius 2 is 1.75 bits per heavy atom. The van der Waals surface area contributed by atoms with E-state index in [0.717, 1.165) is 5.56 Å². The van der Waals surface area contributed by atoms with Gasteiger partial charge in [0, 0.05) is 6.08 Å². The maximum atomic E-state index is 10.4. The van der Waals surface area contributed by atoms with Gasteiger partial charge in [-0.1, -0.05) is 41.9 Å². The van der Waals surface area contributed by atoms with Crippen LogP contribution in [0.25, 0.3) is 5.03 Å². The fourth-order valence-electron chi connectivity index (χ4n) is 0.780. The highest BCUT2D eigenvalue weighted by atomic mass is 35.5. The summed E-state index contributed by atoms with van der Waals surface area (Å²) in [7, 11) is 0. The van der Waals surface area contributed by atoms with E-state index >= 15 is 0 Å². The third-order valence-electron chi connectivity index (χ3n) is 1.29. The van der Waals surface area contributed by atoms with Crippen LogP contribution in [0.2, 0.25) is 0 Å². The van der Waals surface area contributed by atoms with Crippen LogP contribution in [0.15, 0.2) is 36.4 Å². The second kappa shape index (κ2) is 4.29. The second-order valence-electron chi connectivity index (χ2n) is 2.16. The van der Waals surface area contributed by atoms with Crippen LogP contribution < -0.4 is 0 Å². The lowest BCUT2D eigenvalue weighted by molar-refractivity contribution is -0.107. The molecule has 0 aliphatic carbocycles. The van der Waals surface area contributed by atoms with E-state index in [9.17, 15) is 4.79 Å². The van der Waals surface area contributed by atoms with Crippen LogP contribution in [-0.4, -0.2) is 5.24 Å². The molecule has 1 nitrogen and oxygen atoms in total. The summed E-state index contributed by atoms with van der Waals surface area (Å²) in [4.78, 5) is 10.4. The van der Waals surface area contributed by atoms with Crippen LogP contribution in [0.4, 0.5) is 0 Å². The molecule has 3 heteroatoms. The van der Waals surface area contributed by atoms with Crippen molar-refractivity contribution in [3.8, 4) is 0 Å². The van der Waals surface area contributed by atoms with Gasteiger partial charge in [-0.2, -0.15) is 0 Å². The van der Waals surface area contributed by atoms with Gasteiger partial charge in [-0.15, -0.1) is 0 Å². The summed E-state index contributed by atoms with van der Waals surface area (Å²) in [5, 5.41) is -0.209. The molecule has 0 radical (unpaired) electrons. The molecule has 0 heterocycles. The highest BCUT2D eigenvalue weighted by Gasteiger charge is 1.97. The number of hydrogen-bond donors (Lipinski definition) is 0. The van der Waals surface area contributed by atoms with Crippen LogP contribution in [0.1, 0.15) is 5.56 Å². The molecule has 1 aromatic rings. The molecule has 0 aliphatic heterocycles. The molecule has 0 aliphatic rings. The summed E-state index contributed by atoms with van der Waals surface area (Å²) in [6, 6.07) is 9.15. The first-order chi connectivity index (χ1) is 5.70. The third-order valence-corrected chi connectivity index (χ3v) is 1.73. The quantitative estimate of drug-likeness (QED) is 0.530. The van der Waals surface area contributed by atoms with Crippen molar-refractivity contribution in [1.29, 1.82) is 0 Å². The van der Waals surface area contributed by atoms with E-state index in [0.29, 0.717) is 5.03 Å². The van der Waals surface area contributed by atoms with Gasteiger partial charge in [0.2, 0.25) is 5.24 Å². The lowest BCUT2D eigenvalue weighted by atomic mass is 10.2. The monoisotopic (exact) mass is 200 g/mol. The molecule has 12 heavy (non-hydrogen) atoms. The minimum Gasteiger partial charge on any atom is -0.276 e. The number of carbonyl (C=O) groups is 1. The largest absolute Gasteiger partial charge is 0.276 e. The van der Waals surface area contributed by atoms with E-state index in [1.54, 1.807) is 12.1 Å². The average Bonchev–Trinajstić information content (AvgIpc) is 2.05. The highest BCUT2D eigenvalue weighted by Crippen LogP contribution is 2.18. The Labute approximate surface area is 80.6 Å². The maximum Gasteiger partial charge on any atom is 0.246 e. The van der Waals surface area contributed by atoms with Gasteiger partial charge in [0.05, 0.1) is 5.03 Å². The van der Waals surface area contributed by atoms with Gasteiger partial charge >= 0.3 is 0 Å². The molecule has 0 unspecified atom stereocenters. The molecule has 1 aromatic carbocycles. The van der Waals surface area contributed by atoms with Crippen LogP contribution in [-0.2, 0) is 4.79 Å². The fourth-order valence-corrected chi connectivity index (χ4v) is 1.17. The molecule has 0 saturated carbocycles. The van der Waals surface area contributed by atoms with E-state index < -0.39 is 5.24 Å². The van der Waals surface area contributed by atoms with Crippen molar-refractivity contribution < 1.29 is 4.79 Å². The maximum absolute atomic E-state index is 10.4. The van der Waals surface area contributed by atoms with Gasteiger partial charge in [-0.3, -0.25) is 4.79 Å². The third kappa shape index (κ3) is 2.68. The minimum atomic E-state index is -0.566. The van der Waals surface area contributed by atoms with Gasteiger partial charge in [0.15, 0.2) is 0 Å². The standard InChI is InChI=1S/C9H6Cl2O/c10-8(6-9(11)12)7-4-2-1-3-5-7/h1-6H/b8-6+. The average molecular weight is 201 g/mol. The first-order valence-corrected chi connectivity index (χ1v) is 4.08. The lowest BCUT2D eigenvalue weighted by Gasteiger charge is -1.95. The molecule has 0 saturated heterocycles. The smallest absolute Gasteiger partial charge is 0.246 e. The molecular weight excluding hydrogens is 195 g/mol. The number of hydrogen-bond acceptors (Lipinski definition) is 1. The summed E-state index contributed by atoms with van der Waals surface area (Å²) < 4.78 is 0.